The fourth-order valence-corrected chi connectivity index (χ4v) is 4.60. The van der Waals surface area contributed by atoms with Crippen molar-refractivity contribution in [2.24, 2.45) is 0 Å². The van der Waals surface area contributed by atoms with Crippen LogP contribution in [0.3, 0.4) is 0 Å². The molecule has 172 valence electrons. The molecule has 0 spiro atoms. The molecule has 0 unspecified atom stereocenters. The lowest BCUT2D eigenvalue weighted by Crippen LogP contribution is -2.16. The van der Waals surface area contributed by atoms with Crippen LogP contribution in [0.1, 0.15) is 11.1 Å². The lowest BCUT2D eigenvalue weighted by molar-refractivity contribution is -0.137. The third-order valence-electron chi connectivity index (χ3n) is 4.57. The molecule has 3 rings (SSSR count). The molecule has 1 N–H and O–H groups in total. The first kappa shape index (κ1) is 23.7. The summed E-state index contributed by atoms with van der Waals surface area (Å²) in [6, 6.07) is 3.96. The molecule has 0 amide bonds. The minimum absolute atomic E-state index is 0.0279. The average molecular weight is 478 g/mol. The van der Waals surface area contributed by atoms with E-state index in [0.29, 0.717) is 28.2 Å². The molecule has 12 heteroatoms. The van der Waals surface area contributed by atoms with E-state index in [1.165, 1.54) is 7.05 Å². The summed E-state index contributed by atoms with van der Waals surface area (Å²) in [6.45, 7) is -0.0279. The highest BCUT2D eigenvalue weighted by Gasteiger charge is 2.34. The van der Waals surface area contributed by atoms with Crippen LogP contribution in [0.5, 0.6) is 5.75 Å². The van der Waals surface area contributed by atoms with Crippen LogP contribution in [0.15, 0.2) is 47.5 Å². The van der Waals surface area contributed by atoms with Crippen molar-refractivity contribution in [3.63, 3.8) is 0 Å². The highest BCUT2D eigenvalue weighted by atomic mass is 32.2. The maximum absolute atomic E-state index is 14.6. The van der Waals surface area contributed by atoms with Crippen LogP contribution < -0.4 is 10.1 Å². The molecule has 32 heavy (non-hydrogen) atoms. The number of alkyl halides is 3. The molecule has 0 saturated heterocycles. The second-order valence-corrected chi connectivity index (χ2v) is 8.43. The van der Waals surface area contributed by atoms with E-state index in [9.17, 15) is 34.8 Å². The highest BCUT2D eigenvalue weighted by molar-refractivity contribution is 7.90. The van der Waals surface area contributed by atoms with E-state index in [1.54, 1.807) is 0 Å². The summed E-state index contributed by atoms with van der Waals surface area (Å²) in [7, 11) is -2.22. The number of ether oxygens (including phenoxy) is 1. The fourth-order valence-electron chi connectivity index (χ4n) is 3.16. The SMILES string of the molecule is CNCc1cn(S(=O)(=O)c2cccc(C(F)(F)F)c2)c(-c2c(F)ccc(F)c2F)c1OC. The Kier molecular flexibility index (Phi) is 6.29. The van der Waals surface area contributed by atoms with Gasteiger partial charge in [0.25, 0.3) is 10.0 Å². The molecular weight excluding hydrogens is 462 g/mol. The Morgan fingerprint density at radius 1 is 1.06 bits per heavy atom. The maximum Gasteiger partial charge on any atom is 0.416 e. The number of aromatic nitrogens is 1. The Labute approximate surface area is 179 Å². The number of hydrogen-bond donors (Lipinski definition) is 1. The van der Waals surface area contributed by atoms with E-state index in [1.807, 2.05) is 0 Å². The van der Waals surface area contributed by atoms with Gasteiger partial charge in [-0.1, -0.05) is 6.07 Å². The zero-order valence-electron chi connectivity index (χ0n) is 16.6. The average Bonchev–Trinajstić information content (AvgIpc) is 3.09. The Morgan fingerprint density at radius 2 is 1.72 bits per heavy atom. The van der Waals surface area contributed by atoms with Crippen molar-refractivity contribution in [3.8, 4) is 17.0 Å². The largest absolute Gasteiger partial charge is 0.494 e. The summed E-state index contributed by atoms with van der Waals surface area (Å²) in [5.74, 6) is -4.73. The molecule has 0 aliphatic carbocycles. The summed E-state index contributed by atoms with van der Waals surface area (Å²) in [6.07, 6.45) is -3.88. The zero-order chi connectivity index (χ0) is 23.8. The monoisotopic (exact) mass is 478 g/mol. The standard InChI is InChI=1S/C20H16F6N2O3S/c1-27-9-11-10-28(32(29,30)13-5-3-4-12(8-13)20(24,25)26)18(19(11)31-2)16-14(21)6-7-15(22)17(16)23/h3-8,10,27H,9H2,1-2H3. The van der Waals surface area contributed by atoms with Gasteiger partial charge in [0.1, 0.15) is 17.3 Å². The minimum Gasteiger partial charge on any atom is -0.494 e. The van der Waals surface area contributed by atoms with Gasteiger partial charge < -0.3 is 10.1 Å². The van der Waals surface area contributed by atoms with Gasteiger partial charge in [-0.15, -0.1) is 0 Å². The highest BCUT2D eigenvalue weighted by Crippen LogP contribution is 2.41. The van der Waals surface area contributed by atoms with E-state index < -0.39 is 55.4 Å². The normalized spacial score (nSPS) is 12.2. The van der Waals surface area contributed by atoms with Crippen molar-refractivity contribution in [3.05, 3.63) is 71.2 Å². The van der Waals surface area contributed by atoms with Crippen molar-refractivity contribution >= 4 is 10.0 Å². The topological polar surface area (TPSA) is 60.3 Å². The first-order valence-corrected chi connectivity index (χ1v) is 10.4. The molecule has 1 aromatic heterocycles. The van der Waals surface area contributed by atoms with E-state index in [0.717, 1.165) is 25.4 Å². The second kappa shape index (κ2) is 8.51. The van der Waals surface area contributed by atoms with Gasteiger partial charge in [0.2, 0.25) is 0 Å². The van der Waals surface area contributed by atoms with Crippen LogP contribution in [0.2, 0.25) is 0 Å². The van der Waals surface area contributed by atoms with E-state index in [2.05, 4.69) is 5.32 Å². The maximum atomic E-state index is 14.6. The summed E-state index contributed by atoms with van der Waals surface area (Å²) in [4.78, 5) is -0.792. The predicted octanol–water partition coefficient (Wildman–Crippen LogP) is 4.56. The van der Waals surface area contributed by atoms with E-state index in [4.69, 9.17) is 4.74 Å². The lowest BCUT2D eigenvalue weighted by Gasteiger charge is -2.15. The molecule has 0 atom stereocenters. The van der Waals surface area contributed by atoms with Crippen molar-refractivity contribution in [2.45, 2.75) is 17.6 Å². The number of hydrogen-bond acceptors (Lipinski definition) is 4. The number of halogens is 6. The van der Waals surface area contributed by atoms with Crippen LogP contribution in [0.25, 0.3) is 11.3 Å². The smallest absolute Gasteiger partial charge is 0.416 e. The van der Waals surface area contributed by atoms with E-state index >= 15 is 0 Å². The van der Waals surface area contributed by atoms with Crippen LogP contribution in [0.4, 0.5) is 26.3 Å². The summed E-state index contributed by atoms with van der Waals surface area (Å²) in [5.41, 5.74) is -2.87. The third-order valence-corrected chi connectivity index (χ3v) is 6.23. The Bertz CT molecular complexity index is 1270. The van der Waals surface area contributed by atoms with Gasteiger partial charge in [-0.25, -0.2) is 25.6 Å². The third kappa shape index (κ3) is 4.07. The van der Waals surface area contributed by atoms with Gasteiger partial charge in [0, 0.05) is 18.3 Å². The Balaban J connectivity index is 2.39. The lowest BCUT2D eigenvalue weighted by atomic mass is 10.1. The number of methoxy groups -OCH3 is 1. The number of nitrogens with zero attached hydrogens (tertiary/aromatic N) is 1. The Morgan fingerprint density at radius 3 is 2.31 bits per heavy atom. The minimum atomic E-state index is -4.83. The van der Waals surface area contributed by atoms with Crippen molar-refractivity contribution < 1.29 is 39.5 Å². The summed E-state index contributed by atoms with van der Waals surface area (Å²) in [5, 5.41) is 2.71. The van der Waals surface area contributed by atoms with Gasteiger partial charge in [0.15, 0.2) is 11.6 Å². The van der Waals surface area contributed by atoms with Gasteiger partial charge >= 0.3 is 6.18 Å². The molecule has 0 bridgehead atoms. The van der Waals surface area contributed by atoms with Gasteiger partial charge in [-0.05, 0) is 37.4 Å². The molecule has 1 heterocycles. The number of benzene rings is 2. The first-order chi connectivity index (χ1) is 14.9. The molecule has 0 aliphatic heterocycles. The van der Waals surface area contributed by atoms with Crippen molar-refractivity contribution in [1.29, 1.82) is 0 Å². The summed E-state index contributed by atoms with van der Waals surface area (Å²) < 4.78 is 115. The van der Waals surface area contributed by atoms with Crippen LogP contribution in [0, 0.1) is 17.5 Å². The van der Waals surface area contributed by atoms with Crippen LogP contribution in [-0.4, -0.2) is 26.5 Å². The first-order valence-electron chi connectivity index (χ1n) is 8.93. The second-order valence-electron chi connectivity index (χ2n) is 6.61. The van der Waals surface area contributed by atoms with Crippen molar-refractivity contribution in [2.75, 3.05) is 14.2 Å². The van der Waals surface area contributed by atoms with Gasteiger partial charge in [-0.2, -0.15) is 13.2 Å². The molecule has 0 fully saturated rings. The predicted molar refractivity (Wildman–Crippen MR) is 103 cm³/mol. The molecule has 0 radical (unpaired) electrons. The fraction of sp³-hybridized carbons (Fsp3) is 0.200. The molecule has 5 nitrogen and oxygen atoms in total. The molecule has 0 saturated carbocycles. The molecule has 3 aromatic rings. The molecule has 2 aromatic carbocycles. The molecular formula is C20H16F6N2O3S. The molecule has 0 aliphatic rings. The number of rotatable bonds is 6. The van der Waals surface area contributed by atoms with Crippen molar-refractivity contribution in [1.82, 2.24) is 9.29 Å². The van der Waals surface area contributed by atoms with E-state index in [-0.39, 0.29) is 17.9 Å². The zero-order valence-corrected chi connectivity index (χ0v) is 17.4. The summed E-state index contributed by atoms with van der Waals surface area (Å²) >= 11 is 0. The number of nitrogens with one attached hydrogen (secondary N) is 1. The van der Waals surface area contributed by atoms with Gasteiger partial charge in [0.05, 0.1) is 23.1 Å². The van der Waals surface area contributed by atoms with Crippen LogP contribution in [-0.2, 0) is 22.7 Å². The van der Waals surface area contributed by atoms with Crippen LogP contribution >= 0.6 is 0 Å². The quantitative estimate of drug-likeness (QED) is 0.417. The van der Waals surface area contributed by atoms with Gasteiger partial charge in [-0.3, -0.25) is 0 Å². The Hall–Kier alpha value is -2.99.